The van der Waals surface area contributed by atoms with E-state index >= 15 is 0 Å². The summed E-state index contributed by atoms with van der Waals surface area (Å²) in [6.07, 6.45) is 13.1. The topological polar surface area (TPSA) is 107 Å². The van der Waals surface area contributed by atoms with Gasteiger partial charge in [0.1, 0.15) is 11.5 Å². The molecule has 0 unspecified atom stereocenters. The monoisotopic (exact) mass is 879 g/mol. The minimum Gasteiger partial charge on any atom is -0.490 e. The SMILES string of the molecule is CCOCC1CCC(Oc2ccc3cc(CN4CCC(C(=O)O)CC4)ccc3c2)CC1.CCOCC1CCC(Oc2ccc3cc(CN4CCC(C(=O)OCC)CC4)ccc3c2)CC1. The Kier molecular flexibility index (Phi) is 18.2. The van der Waals surface area contributed by atoms with Crippen LogP contribution in [0.5, 0.6) is 11.5 Å². The van der Waals surface area contributed by atoms with Crippen LogP contribution in [0.2, 0.25) is 0 Å². The lowest BCUT2D eigenvalue weighted by molar-refractivity contribution is -0.149. The lowest BCUT2D eigenvalue weighted by Crippen LogP contribution is -2.36. The Hall–Kier alpha value is -4.22. The zero-order valence-electron chi connectivity index (χ0n) is 38.9. The van der Waals surface area contributed by atoms with E-state index in [4.69, 9.17) is 28.8 Å². The third-order valence-corrected chi connectivity index (χ3v) is 14.0. The van der Waals surface area contributed by atoms with Gasteiger partial charge < -0.3 is 28.8 Å². The highest BCUT2D eigenvalue weighted by molar-refractivity contribution is 5.85. The first-order valence-electron chi connectivity index (χ1n) is 24.6. The number of rotatable bonds is 17. The van der Waals surface area contributed by atoms with Crippen molar-refractivity contribution in [2.75, 3.05) is 59.2 Å². The molecule has 8 rings (SSSR count). The quantitative estimate of drug-likeness (QED) is 0.103. The molecule has 4 aromatic carbocycles. The maximum atomic E-state index is 12.0. The van der Waals surface area contributed by atoms with Crippen molar-refractivity contribution in [3.05, 3.63) is 83.9 Å². The van der Waals surface area contributed by atoms with E-state index in [0.29, 0.717) is 30.7 Å². The molecule has 10 nitrogen and oxygen atoms in total. The Bertz CT molecular complexity index is 2060. The lowest BCUT2D eigenvalue weighted by atomic mass is 9.88. The van der Waals surface area contributed by atoms with E-state index in [-0.39, 0.29) is 17.8 Å². The van der Waals surface area contributed by atoms with E-state index < -0.39 is 5.97 Å². The molecule has 2 aliphatic carbocycles. The molecular formula is C54H74N2O8. The molecule has 348 valence electrons. The number of carboxylic acid groups (broad SMARTS) is 1. The Labute approximate surface area is 381 Å². The van der Waals surface area contributed by atoms with Gasteiger partial charge in [-0.3, -0.25) is 19.4 Å². The smallest absolute Gasteiger partial charge is 0.309 e. The molecule has 64 heavy (non-hydrogen) atoms. The molecule has 0 radical (unpaired) electrons. The third kappa shape index (κ3) is 14.1. The number of nitrogens with zero attached hydrogens (tertiary/aromatic N) is 2. The summed E-state index contributed by atoms with van der Waals surface area (Å²) in [6, 6.07) is 26.2. The largest absolute Gasteiger partial charge is 0.490 e. The molecule has 0 spiro atoms. The van der Waals surface area contributed by atoms with Gasteiger partial charge in [0.15, 0.2) is 0 Å². The number of fused-ring (bicyclic) bond motifs is 2. The molecule has 2 aliphatic heterocycles. The standard InChI is InChI=1S/C28H39NO4.C26H35NO4/c1-3-31-20-21-6-10-26(11-7-21)33-27-12-9-24-17-22(5-8-25(24)18-27)19-29-15-13-23(14-16-29)28(30)32-4-2;1-2-30-18-19-4-8-24(9-5-19)31-25-10-7-22-15-20(3-6-23(22)16-25)17-27-13-11-21(12-14-27)26(28)29/h5,8-9,12,17-18,21,23,26H,3-4,6-7,10-11,13-16,19-20H2,1-2H3;3,6-7,10,15-16,19,21,24H,2,4-5,8-9,11-14,17-18H2,1H3,(H,28,29). The summed E-state index contributed by atoms with van der Waals surface area (Å²) < 4.78 is 29.0. The van der Waals surface area contributed by atoms with Gasteiger partial charge >= 0.3 is 11.9 Å². The van der Waals surface area contributed by atoms with Crippen LogP contribution < -0.4 is 9.47 Å². The predicted molar refractivity (Wildman–Crippen MR) is 254 cm³/mol. The van der Waals surface area contributed by atoms with Crippen LogP contribution in [-0.2, 0) is 36.9 Å². The molecule has 0 bridgehead atoms. The Balaban J connectivity index is 0.000000192. The van der Waals surface area contributed by atoms with Gasteiger partial charge in [-0.05, 0) is 205 Å². The van der Waals surface area contributed by atoms with E-state index in [9.17, 15) is 9.59 Å². The summed E-state index contributed by atoms with van der Waals surface area (Å²) in [4.78, 5) is 27.9. The Morgan fingerprint density at radius 3 is 1.33 bits per heavy atom. The van der Waals surface area contributed by atoms with Crippen LogP contribution in [0.25, 0.3) is 21.5 Å². The summed E-state index contributed by atoms with van der Waals surface area (Å²) in [6.45, 7) is 15.3. The second kappa shape index (κ2) is 24.3. The molecule has 4 fully saturated rings. The van der Waals surface area contributed by atoms with Gasteiger partial charge in [-0.15, -0.1) is 0 Å². The molecule has 4 aromatic rings. The van der Waals surface area contributed by atoms with Gasteiger partial charge in [-0.2, -0.15) is 0 Å². The van der Waals surface area contributed by atoms with Crippen LogP contribution in [0.15, 0.2) is 72.8 Å². The zero-order chi connectivity index (χ0) is 44.7. The first kappa shape index (κ1) is 47.7. The van der Waals surface area contributed by atoms with E-state index in [2.05, 4.69) is 96.4 Å². The molecule has 2 heterocycles. The van der Waals surface area contributed by atoms with Crippen molar-refractivity contribution in [2.24, 2.45) is 23.7 Å². The number of carbonyl (C=O) groups is 2. The molecule has 2 saturated heterocycles. The summed E-state index contributed by atoms with van der Waals surface area (Å²) in [5.41, 5.74) is 2.60. The van der Waals surface area contributed by atoms with Gasteiger partial charge in [0.05, 0.1) is 30.7 Å². The van der Waals surface area contributed by atoms with Crippen LogP contribution in [-0.4, -0.2) is 98.3 Å². The second-order valence-electron chi connectivity index (χ2n) is 18.7. The second-order valence-corrected chi connectivity index (χ2v) is 18.7. The van der Waals surface area contributed by atoms with Gasteiger partial charge in [-0.25, -0.2) is 0 Å². The lowest BCUT2D eigenvalue weighted by Gasteiger charge is -2.30. The number of carboxylic acids is 1. The van der Waals surface area contributed by atoms with Crippen molar-refractivity contribution < 1.29 is 38.4 Å². The maximum Gasteiger partial charge on any atom is 0.309 e. The highest BCUT2D eigenvalue weighted by atomic mass is 16.5. The number of esters is 1. The van der Waals surface area contributed by atoms with E-state index in [1.165, 1.54) is 58.4 Å². The Morgan fingerprint density at radius 1 is 0.516 bits per heavy atom. The zero-order valence-corrected chi connectivity index (χ0v) is 38.9. The van der Waals surface area contributed by atoms with Crippen LogP contribution >= 0.6 is 0 Å². The van der Waals surface area contributed by atoms with Crippen molar-refractivity contribution in [1.29, 1.82) is 0 Å². The van der Waals surface area contributed by atoms with E-state index in [0.717, 1.165) is 129 Å². The van der Waals surface area contributed by atoms with Crippen molar-refractivity contribution in [2.45, 2.75) is 123 Å². The number of hydrogen-bond acceptors (Lipinski definition) is 9. The van der Waals surface area contributed by atoms with Crippen LogP contribution in [0, 0.1) is 23.7 Å². The fraction of sp³-hybridized carbons (Fsp3) is 0.593. The number of piperidine rings is 2. The highest BCUT2D eigenvalue weighted by Crippen LogP contribution is 2.32. The van der Waals surface area contributed by atoms with E-state index in [1.807, 2.05) is 6.92 Å². The fourth-order valence-electron chi connectivity index (χ4n) is 10.1. The molecule has 4 aliphatic rings. The van der Waals surface area contributed by atoms with Gasteiger partial charge in [0.2, 0.25) is 0 Å². The Morgan fingerprint density at radius 2 is 0.922 bits per heavy atom. The molecule has 0 atom stereocenters. The van der Waals surface area contributed by atoms with Crippen LogP contribution in [0.1, 0.15) is 109 Å². The number of hydrogen-bond donors (Lipinski definition) is 1. The molecule has 1 N–H and O–H groups in total. The average Bonchev–Trinajstić information content (AvgIpc) is 3.32. The number of aliphatic carboxylic acids is 1. The minimum atomic E-state index is -0.651. The average molecular weight is 879 g/mol. The molecule has 10 heteroatoms. The minimum absolute atomic E-state index is 0.0283. The highest BCUT2D eigenvalue weighted by Gasteiger charge is 2.27. The number of benzene rings is 4. The van der Waals surface area contributed by atoms with Crippen molar-refractivity contribution in [1.82, 2.24) is 9.80 Å². The molecule has 0 aromatic heterocycles. The fourth-order valence-corrected chi connectivity index (χ4v) is 10.1. The van der Waals surface area contributed by atoms with Crippen molar-refractivity contribution >= 4 is 33.5 Å². The van der Waals surface area contributed by atoms with Gasteiger partial charge in [0.25, 0.3) is 0 Å². The normalized spacial score (nSPS) is 22.7. The summed E-state index contributed by atoms with van der Waals surface area (Å²) in [5.74, 6) is 2.53. The van der Waals surface area contributed by atoms with Crippen molar-refractivity contribution in [3.8, 4) is 11.5 Å². The molecule has 0 amide bonds. The number of carbonyl (C=O) groups excluding carboxylic acids is 1. The third-order valence-electron chi connectivity index (χ3n) is 14.0. The van der Waals surface area contributed by atoms with Gasteiger partial charge in [0, 0.05) is 39.5 Å². The molecular weight excluding hydrogens is 805 g/mol. The van der Waals surface area contributed by atoms with E-state index in [1.54, 1.807) is 0 Å². The molecule has 2 saturated carbocycles. The summed E-state index contributed by atoms with van der Waals surface area (Å²) in [7, 11) is 0. The van der Waals surface area contributed by atoms with Crippen molar-refractivity contribution in [3.63, 3.8) is 0 Å². The first-order valence-corrected chi connectivity index (χ1v) is 24.6. The first-order chi connectivity index (χ1) is 31.2. The number of likely N-dealkylation sites (tertiary alicyclic amines) is 2. The summed E-state index contributed by atoms with van der Waals surface area (Å²) >= 11 is 0. The predicted octanol–water partition coefficient (Wildman–Crippen LogP) is 10.7. The van der Waals surface area contributed by atoms with Crippen LogP contribution in [0.3, 0.4) is 0 Å². The summed E-state index contributed by atoms with van der Waals surface area (Å²) in [5, 5.41) is 14.1. The maximum absolute atomic E-state index is 12.0. The number of ether oxygens (including phenoxy) is 5. The van der Waals surface area contributed by atoms with Gasteiger partial charge in [-0.1, -0.05) is 36.4 Å². The van der Waals surface area contributed by atoms with Crippen LogP contribution in [0.4, 0.5) is 0 Å².